The van der Waals surface area contributed by atoms with Crippen LogP contribution in [0, 0.1) is 11.8 Å². The third kappa shape index (κ3) is 3.47. The van der Waals surface area contributed by atoms with Gasteiger partial charge in [-0.25, -0.2) is 0 Å². The van der Waals surface area contributed by atoms with Crippen molar-refractivity contribution in [3.8, 4) is 5.75 Å². The second-order valence-corrected chi connectivity index (χ2v) is 5.28. The monoisotopic (exact) mass is 263 g/mol. The molecule has 2 rings (SSSR count). The Bertz CT molecular complexity index is 430. The summed E-state index contributed by atoms with van der Waals surface area (Å²) in [5.41, 5.74) is 1.26. The summed E-state index contributed by atoms with van der Waals surface area (Å²) in [6.45, 7) is 4.49. The van der Waals surface area contributed by atoms with E-state index >= 15 is 0 Å². The molecule has 2 atom stereocenters. The largest absolute Gasteiger partial charge is 0.497 e. The molecule has 104 valence electrons. The van der Waals surface area contributed by atoms with Gasteiger partial charge in [-0.3, -0.25) is 4.79 Å². The molecule has 0 radical (unpaired) electrons. The van der Waals surface area contributed by atoms with E-state index in [0.29, 0.717) is 6.54 Å². The Hall–Kier alpha value is -1.55. The summed E-state index contributed by atoms with van der Waals surface area (Å²) in [4.78, 5) is 13.3. The second kappa shape index (κ2) is 6.06. The van der Waals surface area contributed by atoms with E-state index in [9.17, 15) is 4.79 Å². The van der Waals surface area contributed by atoms with Gasteiger partial charge in [-0.15, -0.1) is 0 Å². The van der Waals surface area contributed by atoms with Crippen LogP contribution < -0.4 is 4.74 Å². The van der Waals surface area contributed by atoms with Gasteiger partial charge < -0.3 is 14.7 Å². The van der Waals surface area contributed by atoms with Gasteiger partial charge in [-0.2, -0.15) is 0 Å². The van der Waals surface area contributed by atoms with Gasteiger partial charge >= 0.3 is 5.97 Å². The van der Waals surface area contributed by atoms with Crippen molar-refractivity contribution in [2.24, 2.45) is 11.8 Å². The maximum absolute atomic E-state index is 11.1. The first-order valence-electron chi connectivity index (χ1n) is 6.68. The molecule has 0 amide bonds. The number of aliphatic carboxylic acids is 1. The Balaban J connectivity index is 1.84. The summed E-state index contributed by atoms with van der Waals surface area (Å²) >= 11 is 0. The van der Waals surface area contributed by atoms with E-state index in [4.69, 9.17) is 9.84 Å². The minimum absolute atomic E-state index is 0.212. The summed E-state index contributed by atoms with van der Waals surface area (Å²) < 4.78 is 5.13. The molecule has 1 aromatic carbocycles. The topological polar surface area (TPSA) is 49.8 Å². The van der Waals surface area contributed by atoms with E-state index in [2.05, 4.69) is 17.0 Å². The molecule has 1 aliphatic rings. The number of rotatable bonds is 5. The van der Waals surface area contributed by atoms with Gasteiger partial charge in [-0.05, 0) is 30.0 Å². The molecule has 0 spiro atoms. The molecule has 0 unspecified atom stereocenters. The summed E-state index contributed by atoms with van der Waals surface area (Å²) in [6, 6.07) is 8.05. The summed E-state index contributed by atoms with van der Waals surface area (Å²) in [5.74, 6) is 0.230. The number of carboxylic acids is 1. The molecule has 1 aromatic rings. The summed E-state index contributed by atoms with van der Waals surface area (Å²) in [7, 11) is 1.66. The van der Waals surface area contributed by atoms with Crippen molar-refractivity contribution >= 4 is 5.97 Å². The van der Waals surface area contributed by atoms with Gasteiger partial charge in [0.05, 0.1) is 13.0 Å². The highest BCUT2D eigenvalue weighted by Gasteiger charge is 2.34. The minimum atomic E-state index is -0.667. The smallest absolute Gasteiger partial charge is 0.308 e. The number of methoxy groups -OCH3 is 1. The van der Waals surface area contributed by atoms with Crippen LogP contribution in [-0.4, -0.2) is 42.7 Å². The number of benzene rings is 1. The van der Waals surface area contributed by atoms with E-state index in [1.54, 1.807) is 7.11 Å². The number of nitrogens with zero attached hydrogens (tertiary/aromatic N) is 1. The van der Waals surface area contributed by atoms with Crippen molar-refractivity contribution in [3.05, 3.63) is 29.8 Å². The van der Waals surface area contributed by atoms with Gasteiger partial charge in [0.15, 0.2) is 0 Å². The van der Waals surface area contributed by atoms with E-state index in [0.717, 1.165) is 25.3 Å². The van der Waals surface area contributed by atoms with Gasteiger partial charge in [-0.1, -0.05) is 19.1 Å². The SMILES string of the molecule is COc1ccc(CCN2C[C@@H](C)[C@H](C(=O)O)C2)cc1. The molecule has 1 aliphatic heterocycles. The average molecular weight is 263 g/mol. The minimum Gasteiger partial charge on any atom is -0.497 e. The predicted molar refractivity (Wildman–Crippen MR) is 73.4 cm³/mol. The van der Waals surface area contributed by atoms with Crippen LogP contribution in [0.1, 0.15) is 12.5 Å². The molecular weight excluding hydrogens is 242 g/mol. The van der Waals surface area contributed by atoms with Crippen LogP contribution in [0.15, 0.2) is 24.3 Å². The molecule has 0 aliphatic carbocycles. The maximum Gasteiger partial charge on any atom is 0.308 e. The standard InChI is InChI=1S/C15H21NO3/c1-11-9-16(10-14(11)15(17)18)8-7-12-3-5-13(19-2)6-4-12/h3-6,11,14H,7-10H2,1-2H3,(H,17,18)/t11-,14-/m1/s1. The summed E-state index contributed by atoms with van der Waals surface area (Å²) in [6.07, 6.45) is 0.947. The van der Waals surface area contributed by atoms with Crippen LogP contribution in [0.2, 0.25) is 0 Å². The van der Waals surface area contributed by atoms with Gasteiger partial charge in [0, 0.05) is 19.6 Å². The van der Waals surface area contributed by atoms with Crippen molar-refractivity contribution in [2.75, 3.05) is 26.7 Å². The zero-order chi connectivity index (χ0) is 13.8. The van der Waals surface area contributed by atoms with Crippen molar-refractivity contribution in [1.29, 1.82) is 0 Å². The quantitative estimate of drug-likeness (QED) is 0.881. The lowest BCUT2D eigenvalue weighted by molar-refractivity contribution is -0.142. The molecule has 1 N–H and O–H groups in total. The molecule has 19 heavy (non-hydrogen) atoms. The highest BCUT2D eigenvalue weighted by atomic mass is 16.5. The van der Waals surface area contributed by atoms with Gasteiger partial charge in [0.25, 0.3) is 0 Å². The Morgan fingerprint density at radius 3 is 2.58 bits per heavy atom. The van der Waals surface area contributed by atoms with E-state index in [-0.39, 0.29) is 11.8 Å². The summed E-state index contributed by atoms with van der Waals surface area (Å²) in [5, 5.41) is 9.10. The predicted octanol–water partition coefficient (Wildman–Crippen LogP) is 1.89. The van der Waals surface area contributed by atoms with Crippen molar-refractivity contribution in [1.82, 2.24) is 4.90 Å². The Morgan fingerprint density at radius 2 is 2.05 bits per heavy atom. The molecule has 0 aromatic heterocycles. The fourth-order valence-electron chi connectivity index (χ4n) is 2.65. The highest BCUT2D eigenvalue weighted by Crippen LogP contribution is 2.23. The molecular formula is C15H21NO3. The van der Waals surface area contributed by atoms with Crippen molar-refractivity contribution < 1.29 is 14.6 Å². The molecule has 0 saturated carbocycles. The second-order valence-electron chi connectivity index (χ2n) is 5.28. The Morgan fingerprint density at radius 1 is 1.37 bits per heavy atom. The first kappa shape index (κ1) is 13.9. The lowest BCUT2D eigenvalue weighted by Gasteiger charge is -2.15. The van der Waals surface area contributed by atoms with Crippen molar-refractivity contribution in [3.63, 3.8) is 0 Å². The lowest BCUT2D eigenvalue weighted by Crippen LogP contribution is -2.25. The van der Waals surface area contributed by atoms with Crippen LogP contribution in [-0.2, 0) is 11.2 Å². The molecule has 1 heterocycles. The van der Waals surface area contributed by atoms with Gasteiger partial charge in [0.2, 0.25) is 0 Å². The van der Waals surface area contributed by atoms with E-state index in [1.807, 2.05) is 19.1 Å². The normalized spacial score (nSPS) is 23.5. The Kier molecular flexibility index (Phi) is 4.43. The van der Waals surface area contributed by atoms with E-state index < -0.39 is 5.97 Å². The fourth-order valence-corrected chi connectivity index (χ4v) is 2.65. The number of likely N-dealkylation sites (tertiary alicyclic amines) is 1. The number of hydrogen-bond donors (Lipinski definition) is 1. The number of ether oxygens (including phenoxy) is 1. The zero-order valence-electron chi connectivity index (χ0n) is 11.5. The van der Waals surface area contributed by atoms with Crippen LogP contribution in [0.3, 0.4) is 0 Å². The highest BCUT2D eigenvalue weighted by molar-refractivity contribution is 5.71. The fraction of sp³-hybridized carbons (Fsp3) is 0.533. The first-order chi connectivity index (χ1) is 9.10. The maximum atomic E-state index is 11.1. The zero-order valence-corrected chi connectivity index (χ0v) is 11.5. The lowest BCUT2D eigenvalue weighted by atomic mass is 9.99. The molecule has 1 fully saturated rings. The van der Waals surface area contributed by atoms with E-state index in [1.165, 1.54) is 5.56 Å². The number of hydrogen-bond acceptors (Lipinski definition) is 3. The van der Waals surface area contributed by atoms with Crippen LogP contribution in [0.25, 0.3) is 0 Å². The molecule has 4 nitrogen and oxygen atoms in total. The number of carboxylic acid groups (broad SMARTS) is 1. The third-order valence-corrected chi connectivity index (χ3v) is 3.88. The average Bonchev–Trinajstić information content (AvgIpc) is 2.78. The van der Waals surface area contributed by atoms with Crippen LogP contribution >= 0.6 is 0 Å². The van der Waals surface area contributed by atoms with Crippen LogP contribution in [0.5, 0.6) is 5.75 Å². The molecule has 4 heteroatoms. The first-order valence-corrected chi connectivity index (χ1v) is 6.68. The van der Waals surface area contributed by atoms with Crippen molar-refractivity contribution in [2.45, 2.75) is 13.3 Å². The molecule has 0 bridgehead atoms. The molecule has 1 saturated heterocycles. The van der Waals surface area contributed by atoms with Gasteiger partial charge in [0.1, 0.15) is 5.75 Å². The third-order valence-electron chi connectivity index (χ3n) is 3.88. The van der Waals surface area contributed by atoms with Crippen LogP contribution in [0.4, 0.5) is 0 Å². The number of carbonyl (C=O) groups is 1. The Labute approximate surface area is 114 Å².